The molecule has 5 rings (SSSR count). The third kappa shape index (κ3) is 7.55. The van der Waals surface area contributed by atoms with Crippen LogP contribution in [0.3, 0.4) is 0 Å². The molecular weight excluding hydrogens is 630 g/mol. The normalized spacial score (nSPS) is 15.4. The number of nitrogens with zero attached hydrogens (tertiary/aromatic N) is 7. The Labute approximate surface area is 282 Å². The van der Waals surface area contributed by atoms with Gasteiger partial charge in [0.2, 0.25) is 0 Å². The number of amides is 1. The molecule has 0 saturated carbocycles. The topological polar surface area (TPSA) is 120 Å². The molecule has 1 aliphatic heterocycles. The van der Waals surface area contributed by atoms with Gasteiger partial charge >= 0.3 is 6.09 Å². The van der Waals surface area contributed by atoms with Crippen molar-refractivity contribution in [1.82, 2.24) is 29.3 Å². The number of carbonyl (C=O) groups excluding carboxylic acids is 1. The van der Waals surface area contributed by atoms with E-state index < -0.39 is 25.8 Å². The van der Waals surface area contributed by atoms with Crippen LogP contribution in [0.4, 0.5) is 9.18 Å². The minimum atomic E-state index is -2.18. The molecule has 1 aliphatic rings. The Morgan fingerprint density at radius 3 is 2.42 bits per heavy atom. The van der Waals surface area contributed by atoms with Gasteiger partial charge in [-0.05, 0) is 76.9 Å². The molecule has 0 spiro atoms. The molecule has 0 N–H and O–H groups in total. The Morgan fingerprint density at radius 2 is 1.81 bits per heavy atom. The molecule has 1 saturated heterocycles. The molecule has 13 heteroatoms. The first kappa shape index (κ1) is 35.0. The second-order valence-corrected chi connectivity index (χ2v) is 19.7. The van der Waals surface area contributed by atoms with Gasteiger partial charge in [-0.3, -0.25) is 9.67 Å². The molecule has 5 heterocycles. The highest BCUT2D eigenvalue weighted by Crippen LogP contribution is 2.39. The van der Waals surface area contributed by atoms with Crippen molar-refractivity contribution in [2.45, 2.75) is 97.2 Å². The molecule has 1 atom stereocenters. The number of aromatic nitrogens is 5. The smallest absolute Gasteiger partial charge is 0.410 e. The van der Waals surface area contributed by atoms with E-state index in [0.29, 0.717) is 35.6 Å². The van der Waals surface area contributed by atoms with Gasteiger partial charge in [0.1, 0.15) is 34.3 Å². The summed E-state index contributed by atoms with van der Waals surface area (Å²) in [5.74, 6) is -0.0212. The van der Waals surface area contributed by atoms with E-state index >= 15 is 0 Å². The lowest BCUT2D eigenvalue weighted by Gasteiger charge is -2.37. The van der Waals surface area contributed by atoms with Gasteiger partial charge in [-0.2, -0.15) is 15.5 Å². The molecule has 11 nitrogen and oxygen atoms in total. The van der Waals surface area contributed by atoms with Gasteiger partial charge in [-0.15, -0.1) is 0 Å². The van der Waals surface area contributed by atoms with Crippen molar-refractivity contribution in [3.05, 3.63) is 65.8 Å². The van der Waals surface area contributed by atoms with Gasteiger partial charge in [0.15, 0.2) is 14.4 Å². The van der Waals surface area contributed by atoms with Crippen molar-refractivity contribution in [1.29, 1.82) is 5.26 Å². The number of piperidine rings is 1. The standard InChI is InChI=1S/C35H46FN7O4Si/c1-23-28(20-40-43(23)27-12-14-41(15-13-27)33(44)47-34(2,3)4)24-16-30(32-25(17-37)18-39-42(32)21-24)46-31(29-11-10-26(36)19-38-29)22-45-48(8,9)35(5,6)7/h10-11,16,18-21,27,31H,12-15,22H2,1-9H3. The van der Waals surface area contributed by atoms with Gasteiger partial charge < -0.3 is 18.8 Å². The van der Waals surface area contributed by atoms with Gasteiger partial charge in [-0.25, -0.2) is 13.7 Å². The zero-order chi connectivity index (χ0) is 35.0. The fourth-order valence-electron chi connectivity index (χ4n) is 5.51. The number of halogens is 1. The Kier molecular flexibility index (Phi) is 9.72. The van der Waals surface area contributed by atoms with Gasteiger partial charge in [-0.1, -0.05) is 20.8 Å². The molecule has 0 radical (unpaired) electrons. The summed E-state index contributed by atoms with van der Waals surface area (Å²) in [4.78, 5) is 18.7. The third-order valence-electron chi connectivity index (χ3n) is 9.27. The zero-order valence-electron chi connectivity index (χ0n) is 29.4. The molecule has 4 aromatic rings. The zero-order valence-corrected chi connectivity index (χ0v) is 30.4. The maximum Gasteiger partial charge on any atom is 0.410 e. The molecule has 256 valence electrons. The second-order valence-electron chi connectivity index (χ2n) is 14.9. The monoisotopic (exact) mass is 675 g/mol. The first-order valence-electron chi connectivity index (χ1n) is 16.3. The van der Waals surface area contributed by atoms with Crippen LogP contribution in [0, 0.1) is 24.1 Å². The average molecular weight is 676 g/mol. The predicted molar refractivity (Wildman–Crippen MR) is 183 cm³/mol. The largest absolute Gasteiger partial charge is 0.479 e. The Bertz CT molecular complexity index is 1810. The fraction of sp³-hybridized carbons (Fsp3) is 0.514. The quantitative estimate of drug-likeness (QED) is 0.175. The maximum atomic E-state index is 13.9. The van der Waals surface area contributed by atoms with E-state index in [9.17, 15) is 14.4 Å². The Morgan fingerprint density at radius 1 is 1.10 bits per heavy atom. The number of nitriles is 1. The lowest BCUT2D eigenvalue weighted by atomic mass is 10.0. The fourth-order valence-corrected chi connectivity index (χ4v) is 6.51. The third-order valence-corrected chi connectivity index (χ3v) is 13.8. The molecule has 1 unspecified atom stereocenters. The van der Waals surface area contributed by atoms with E-state index in [0.717, 1.165) is 29.7 Å². The lowest BCUT2D eigenvalue weighted by molar-refractivity contribution is 0.0184. The molecule has 0 bridgehead atoms. The van der Waals surface area contributed by atoms with Crippen LogP contribution in [0.1, 0.15) is 83.5 Å². The predicted octanol–water partition coefficient (Wildman–Crippen LogP) is 7.63. The van der Waals surface area contributed by atoms with Crippen LogP contribution in [0.15, 0.2) is 43.0 Å². The Hall–Kier alpha value is -4.28. The number of hydrogen-bond acceptors (Lipinski definition) is 8. The number of fused-ring (bicyclic) bond motifs is 1. The van der Waals surface area contributed by atoms with Gasteiger partial charge in [0, 0.05) is 36.1 Å². The highest BCUT2D eigenvalue weighted by Gasteiger charge is 2.38. The highest BCUT2D eigenvalue weighted by molar-refractivity contribution is 6.74. The molecular formula is C35H46FN7O4Si. The van der Waals surface area contributed by atoms with E-state index in [1.54, 1.807) is 15.5 Å². The molecule has 4 aromatic heterocycles. The number of rotatable bonds is 8. The van der Waals surface area contributed by atoms with Crippen molar-refractivity contribution >= 4 is 19.9 Å². The van der Waals surface area contributed by atoms with Crippen LogP contribution in [0.5, 0.6) is 5.75 Å². The van der Waals surface area contributed by atoms with Crippen molar-refractivity contribution in [2.24, 2.45) is 0 Å². The molecule has 1 fully saturated rings. The summed E-state index contributed by atoms with van der Waals surface area (Å²) in [5, 5.41) is 19.1. The van der Waals surface area contributed by atoms with Crippen LogP contribution in [-0.2, 0) is 9.16 Å². The first-order chi connectivity index (χ1) is 22.5. The van der Waals surface area contributed by atoms with Crippen LogP contribution in [-0.4, -0.2) is 69.0 Å². The molecule has 1 amide bonds. The first-order valence-corrected chi connectivity index (χ1v) is 19.2. The average Bonchev–Trinajstić information content (AvgIpc) is 3.61. The van der Waals surface area contributed by atoms with E-state index in [1.165, 1.54) is 18.5 Å². The van der Waals surface area contributed by atoms with E-state index in [1.807, 2.05) is 50.8 Å². The van der Waals surface area contributed by atoms with E-state index in [2.05, 4.69) is 50.0 Å². The van der Waals surface area contributed by atoms with Crippen molar-refractivity contribution in [3.63, 3.8) is 0 Å². The Balaban J connectivity index is 1.46. The summed E-state index contributed by atoms with van der Waals surface area (Å²) in [6, 6.07) is 7.18. The minimum absolute atomic E-state index is 0.0373. The highest BCUT2D eigenvalue weighted by atomic mass is 28.4. The lowest BCUT2D eigenvalue weighted by Crippen LogP contribution is -2.42. The van der Waals surface area contributed by atoms with Crippen molar-refractivity contribution < 1.29 is 23.1 Å². The molecule has 48 heavy (non-hydrogen) atoms. The summed E-state index contributed by atoms with van der Waals surface area (Å²) in [7, 11) is -2.18. The number of likely N-dealkylation sites (tertiary alicyclic amines) is 1. The maximum absolute atomic E-state index is 13.9. The number of hydrogen-bond donors (Lipinski definition) is 0. The summed E-state index contributed by atoms with van der Waals surface area (Å²) >= 11 is 0. The molecule has 0 aliphatic carbocycles. The van der Waals surface area contributed by atoms with Crippen molar-refractivity contribution in [2.75, 3.05) is 19.7 Å². The van der Waals surface area contributed by atoms with Crippen LogP contribution >= 0.6 is 0 Å². The summed E-state index contributed by atoms with van der Waals surface area (Å²) in [5.41, 5.74) is 3.49. The summed E-state index contributed by atoms with van der Waals surface area (Å²) in [6.45, 7) is 19.8. The second kappa shape index (κ2) is 13.3. The van der Waals surface area contributed by atoms with Gasteiger partial charge in [0.05, 0.1) is 36.9 Å². The van der Waals surface area contributed by atoms with E-state index in [4.69, 9.17) is 19.0 Å². The molecule has 0 aromatic carbocycles. The summed E-state index contributed by atoms with van der Waals surface area (Å²) < 4.78 is 36.4. The van der Waals surface area contributed by atoms with Crippen LogP contribution in [0.25, 0.3) is 16.6 Å². The van der Waals surface area contributed by atoms with Crippen LogP contribution < -0.4 is 4.74 Å². The number of pyridine rings is 2. The number of ether oxygens (including phenoxy) is 2. The van der Waals surface area contributed by atoms with E-state index in [-0.39, 0.29) is 23.8 Å². The van der Waals surface area contributed by atoms with Crippen molar-refractivity contribution in [3.8, 4) is 22.9 Å². The minimum Gasteiger partial charge on any atom is -0.479 e. The van der Waals surface area contributed by atoms with Crippen LogP contribution in [0.2, 0.25) is 18.1 Å². The number of carbonyl (C=O) groups is 1. The van der Waals surface area contributed by atoms with Gasteiger partial charge in [0.25, 0.3) is 0 Å². The summed E-state index contributed by atoms with van der Waals surface area (Å²) in [6.07, 6.45) is 6.89. The SMILES string of the molecule is Cc1c(-c2cc(OC(CO[Si](C)(C)C(C)(C)C)c3ccc(F)cn3)c3c(C#N)cnn3c2)cnn1C1CCN(C(=O)OC(C)(C)C)CC1.